The molecular weight excluding hydrogens is 302 g/mol. The van der Waals surface area contributed by atoms with Gasteiger partial charge in [0.25, 0.3) is 0 Å². The van der Waals surface area contributed by atoms with Crippen molar-refractivity contribution < 1.29 is 4.79 Å². The number of fused-ring (bicyclic) bond motifs is 1. The monoisotopic (exact) mass is 325 g/mol. The van der Waals surface area contributed by atoms with Crippen molar-refractivity contribution >= 4 is 22.6 Å². The molecule has 0 saturated carbocycles. The second-order valence-electron chi connectivity index (χ2n) is 6.01. The zero-order valence-corrected chi connectivity index (χ0v) is 14.4. The van der Waals surface area contributed by atoms with Gasteiger partial charge in [0.15, 0.2) is 0 Å². The first-order valence-electron chi connectivity index (χ1n) is 8.32. The molecule has 6 heteroatoms. The molecule has 1 amide bonds. The summed E-state index contributed by atoms with van der Waals surface area (Å²) in [5.74, 6) is 1.01. The number of aryl methyl sites for hydroxylation is 4. The lowest BCUT2D eigenvalue weighted by molar-refractivity contribution is -0.116. The Labute approximate surface area is 141 Å². The largest absolute Gasteiger partial charge is 0.328 e. The maximum absolute atomic E-state index is 12.2. The third kappa shape index (κ3) is 3.32. The van der Waals surface area contributed by atoms with Crippen molar-refractivity contribution in [2.45, 2.75) is 39.7 Å². The van der Waals surface area contributed by atoms with Crippen molar-refractivity contribution in [1.29, 1.82) is 0 Å². The minimum atomic E-state index is 0.000243. The van der Waals surface area contributed by atoms with Crippen molar-refractivity contribution in [2.75, 3.05) is 5.32 Å². The van der Waals surface area contributed by atoms with Gasteiger partial charge in [0.2, 0.25) is 5.91 Å². The summed E-state index contributed by atoms with van der Waals surface area (Å²) in [5.41, 5.74) is 3.88. The van der Waals surface area contributed by atoms with E-state index in [0.29, 0.717) is 12.8 Å². The molecule has 2 heterocycles. The molecule has 0 fully saturated rings. The predicted octanol–water partition coefficient (Wildman–Crippen LogP) is 3.06. The highest BCUT2D eigenvalue weighted by atomic mass is 16.1. The second kappa shape index (κ2) is 6.86. The highest BCUT2D eigenvalue weighted by molar-refractivity contribution is 5.93. The highest BCUT2D eigenvalue weighted by Gasteiger charge is 2.09. The summed E-state index contributed by atoms with van der Waals surface area (Å²) in [6.07, 6.45) is 3.92. The minimum absolute atomic E-state index is 0.000243. The van der Waals surface area contributed by atoms with Gasteiger partial charge in [0.1, 0.15) is 5.82 Å². The number of hydrogen-bond acceptors (Lipinski definition) is 3. The van der Waals surface area contributed by atoms with Crippen molar-refractivity contribution in [3.63, 3.8) is 0 Å². The predicted molar refractivity (Wildman–Crippen MR) is 94.9 cm³/mol. The van der Waals surface area contributed by atoms with Crippen LogP contribution in [0, 0.1) is 6.92 Å². The number of rotatable bonds is 6. The van der Waals surface area contributed by atoms with E-state index in [-0.39, 0.29) is 5.91 Å². The standard InChI is InChI=1S/C18H23N5O/c1-4-11-23-13(2)20-16-12-14(5-7-17(16)23)21-18(24)8-6-15-9-10-19-22(15)3/h5,7,9-10,12H,4,6,8,11H2,1-3H3,(H,21,24). The topological polar surface area (TPSA) is 64.7 Å². The van der Waals surface area contributed by atoms with Crippen LogP contribution in [0.4, 0.5) is 5.69 Å². The number of carbonyl (C=O) groups is 1. The summed E-state index contributed by atoms with van der Waals surface area (Å²) >= 11 is 0. The molecule has 2 aromatic heterocycles. The van der Waals surface area contributed by atoms with Gasteiger partial charge in [-0.25, -0.2) is 4.98 Å². The van der Waals surface area contributed by atoms with Gasteiger partial charge in [-0.1, -0.05) is 6.92 Å². The van der Waals surface area contributed by atoms with Gasteiger partial charge in [-0.15, -0.1) is 0 Å². The number of hydrogen-bond donors (Lipinski definition) is 1. The molecule has 1 aromatic carbocycles. The number of anilines is 1. The lowest BCUT2D eigenvalue weighted by Gasteiger charge is -2.07. The highest BCUT2D eigenvalue weighted by Crippen LogP contribution is 2.21. The van der Waals surface area contributed by atoms with Crippen molar-refractivity contribution in [3.05, 3.63) is 42.0 Å². The Kier molecular flexibility index (Phi) is 4.64. The van der Waals surface area contributed by atoms with Crippen molar-refractivity contribution in [3.8, 4) is 0 Å². The maximum atomic E-state index is 12.2. The molecule has 0 spiro atoms. The van der Waals surface area contributed by atoms with Gasteiger partial charge in [-0.3, -0.25) is 9.48 Å². The van der Waals surface area contributed by atoms with E-state index in [9.17, 15) is 4.79 Å². The van der Waals surface area contributed by atoms with E-state index in [0.717, 1.165) is 41.2 Å². The SMILES string of the molecule is CCCn1c(C)nc2cc(NC(=O)CCc3ccnn3C)ccc21. The fraction of sp³-hybridized carbons (Fsp3) is 0.389. The van der Waals surface area contributed by atoms with E-state index >= 15 is 0 Å². The number of carbonyl (C=O) groups excluding carboxylic acids is 1. The first-order chi connectivity index (χ1) is 11.6. The zero-order valence-electron chi connectivity index (χ0n) is 14.4. The van der Waals surface area contributed by atoms with E-state index in [1.54, 1.807) is 10.9 Å². The van der Waals surface area contributed by atoms with E-state index in [2.05, 4.69) is 26.9 Å². The Morgan fingerprint density at radius 1 is 1.29 bits per heavy atom. The Morgan fingerprint density at radius 2 is 2.12 bits per heavy atom. The second-order valence-corrected chi connectivity index (χ2v) is 6.01. The quantitative estimate of drug-likeness (QED) is 0.757. The van der Waals surface area contributed by atoms with Crippen LogP contribution in [0.15, 0.2) is 30.5 Å². The first-order valence-corrected chi connectivity index (χ1v) is 8.32. The van der Waals surface area contributed by atoms with Gasteiger partial charge in [-0.2, -0.15) is 5.10 Å². The van der Waals surface area contributed by atoms with Crippen LogP contribution in [-0.2, 0) is 24.8 Å². The molecule has 0 bridgehead atoms. The van der Waals surface area contributed by atoms with E-state index in [1.165, 1.54) is 0 Å². The Bertz CT molecular complexity index is 862. The molecule has 3 aromatic rings. The first kappa shape index (κ1) is 16.2. The lowest BCUT2D eigenvalue weighted by atomic mass is 10.2. The van der Waals surface area contributed by atoms with E-state index in [1.807, 2.05) is 38.2 Å². The summed E-state index contributed by atoms with van der Waals surface area (Å²) in [6.45, 7) is 5.13. The zero-order chi connectivity index (χ0) is 17.1. The fourth-order valence-electron chi connectivity index (χ4n) is 2.95. The average Bonchev–Trinajstić information content (AvgIpc) is 3.09. The minimum Gasteiger partial charge on any atom is -0.328 e. The average molecular weight is 325 g/mol. The van der Waals surface area contributed by atoms with Crippen LogP contribution in [0.1, 0.15) is 31.3 Å². The molecule has 0 unspecified atom stereocenters. The smallest absolute Gasteiger partial charge is 0.224 e. The van der Waals surface area contributed by atoms with E-state index in [4.69, 9.17) is 0 Å². The molecule has 24 heavy (non-hydrogen) atoms. The van der Waals surface area contributed by atoms with Crippen LogP contribution in [-0.4, -0.2) is 25.2 Å². The molecule has 6 nitrogen and oxygen atoms in total. The van der Waals surface area contributed by atoms with Crippen LogP contribution in [0.5, 0.6) is 0 Å². The van der Waals surface area contributed by atoms with Crippen LogP contribution in [0.25, 0.3) is 11.0 Å². The molecule has 0 aliphatic heterocycles. The summed E-state index contributed by atoms with van der Waals surface area (Å²) in [7, 11) is 1.89. The molecule has 3 rings (SSSR count). The molecule has 0 radical (unpaired) electrons. The van der Waals surface area contributed by atoms with Gasteiger partial charge in [0, 0.05) is 37.6 Å². The van der Waals surface area contributed by atoms with Crippen LogP contribution in [0.2, 0.25) is 0 Å². The number of aromatic nitrogens is 4. The molecule has 0 aliphatic carbocycles. The number of benzene rings is 1. The number of amides is 1. The Balaban J connectivity index is 1.68. The van der Waals surface area contributed by atoms with Crippen molar-refractivity contribution in [1.82, 2.24) is 19.3 Å². The summed E-state index contributed by atoms with van der Waals surface area (Å²) < 4.78 is 4.01. The van der Waals surface area contributed by atoms with Gasteiger partial charge < -0.3 is 9.88 Å². The van der Waals surface area contributed by atoms with Crippen LogP contribution in [0.3, 0.4) is 0 Å². The molecule has 1 N–H and O–H groups in total. The molecular formula is C18H23N5O. The van der Waals surface area contributed by atoms with E-state index < -0.39 is 0 Å². The lowest BCUT2D eigenvalue weighted by Crippen LogP contribution is -2.13. The number of nitrogens with zero attached hydrogens (tertiary/aromatic N) is 4. The molecule has 0 atom stereocenters. The van der Waals surface area contributed by atoms with Crippen LogP contribution < -0.4 is 5.32 Å². The third-order valence-corrected chi connectivity index (χ3v) is 4.20. The Hall–Kier alpha value is -2.63. The number of nitrogens with one attached hydrogen (secondary N) is 1. The third-order valence-electron chi connectivity index (χ3n) is 4.20. The van der Waals surface area contributed by atoms with Crippen LogP contribution >= 0.6 is 0 Å². The maximum Gasteiger partial charge on any atom is 0.224 e. The van der Waals surface area contributed by atoms with Crippen molar-refractivity contribution in [2.24, 2.45) is 7.05 Å². The molecule has 0 saturated heterocycles. The van der Waals surface area contributed by atoms with Gasteiger partial charge in [-0.05, 0) is 44.0 Å². The van der Waals surface area contributed by atoms with Gasteiger partial charge >= 0.3 is 0 Å². The van der Waals surface area contributed by atoms with Gasteiger partial charge in [0.05, 0.1) is 11.0 Å². The summed E-state index contributed by atoms with van der Waals surface area (Å²) in [6, 6.07) is 7.85. The fourth-order valence-corrected chi connectivity index (χ4v) is 2.95. The Morgan fingerprint density at radius 3 is 2.83 bits per heavy atom. The summed E-state index contributed by atoms with van der Waals surface area (Å²) in [5, 5.41) is 7.07. The molecule has 126 valence electrons. The molecule has 0 aliphatic rings. The summed E-state index contributed by atoms with van der Waals surface area (Å²) in [4.78, 5) is 16.8. The normalized spacial score (nSPS) is 11.1. The number of imidazole rings is 1.